The molecule has 100 valence electrons. The van der Waals surface area contributed by atoms with Crippen molar-refractivity contribution in [2.24, 2.45) is 0 Å². The molecule has 0 aliphatic carbocycles. The average molecular weight is 271 g/mol. The van der Waals surface area contributed by atoms with E-state index in [-0.39, 0.29) is 5.78 Å². The number of nitriles is 1. The van der Waals surface area contributed by atoms with Crippen LogP contribution in [0.5, 0.6) is 0 Å². The van der Waals surface area contributed by atoms with Gasteiger partial charge in [0.25, 0.3) is 0 Å². The molecule has 0 bridgehead atoms. The molecular formula is C19H13NO. The Balaban J connectivity index is 2.10. The molecule has 0 amide bonds. The van der Waals surface area contributed by atoms with Gasteiger partial charge in [-0.25, -0.2) is 0 Å². The molecule has 2 nitrogen and oxygen atoms in total. The van der Waals surface area contributed by atoms with E-state index >= 15 is 0 Å². The maximum Gasteiger partial charge on any atom is 0.185 e. The molecule has 0 aliphatic rings. The summed E-state index contributed by atoms with van der Waals surface area (Å²) in [6.07, 6.45) is 0. The van der Waals surface area contributed by atoms with Crippen molar-refractivity contribution < 1.29 is 4.79 Å². The highest BCUT2D eigenvalue weighted by molar-refractivity contribution is 6.11. The van der Waals surface area contributed by atoms with Crippen LogP contribution in [0.4, 0.5) is 0 Å². The number of hydrogen-bond acceptors (Lipinski definition) is 2. The first-order valence-electron chi connectivity index (χ1n) is 6.78. The number of benzene rings is 3. The number of ketones is 1. The van der Waals surface area contributed by atoms with Gasteiger partial charge in [0.05, 0.1) is 6.07 Å². The molecule has 0 heterocycles. The molecule has 2 heteroatoms. The Morgan fingerprint density at radius 2 is 1.52 bits per heavy atom. The van der Waals surface area contributed by atoms with Crippen molar-refractivity contribution in [3.05, 3.63) is 83.9 Å². The minimum absolute atomic E-state index is 0.152. The fourth-order valence-corrected chi connectivity index (χ4v) is 2.53. The van der Waals surface area contributed by atoms with E-state index in [2.05, 4.69) is 6.07 Å². The molecule has 1 atom stereocenters. The summed E-state index contributed by atoms with van der Waals surface area (Å²) in [5.74, 6) is -0.919. The maximum absolute atomic E-state index is 12.8. The van der Waals surface area contributed by atoms with Crippen LogP contribution in [0.25, 0.3) is 10.8 Å². The summed E-state index contributed by atoms with van der Waals surface area (Å²) >= 11 is 0. The van der Waals surface area contributed by atoms with Gasteiger partial charge in [-0.3, -0.25) is 4.79 Å². The predicted octanol–water partition coefficient (Wildman–Crippen LogP) is 4.33. The van der Waals surface area contributed by atoms with Gasteiger partial charge in [-0.2, -0.15) is 5.26 Å². The molecule has 0 saturated heterocycles. The van der Waals surface area contributed by atoms with E-state index in [0.29, 0.717) is 5.56 Å². The van der Waals surface area contributed by atoms with Crippen LogP contribution in [-0.4, -0.2) is 5.78 Å². The van der Waals surface area contributed by atoms with Gasteiger partial charge >= 0.3 is 0 Å². The molecule has 0 spiro atoms. The van der Waals surface area contributed by atoms with Crippen LogP contribution in [0, 0.1) is 11.3 Å². The van der Waals surface area contributed by atoms with Crippen molar-refractivity contribution in [1.82, 2.24) is 0 Å². The van der Waals surface area contributed by atoms with Crippen LogP contribution in [-0.2, 0) is 0 Å². The average Bonchev–Trinajstić information content (AvgIpc) is 2.56. The number of Topliss-reactive ketones (excluding diaryl/α,β-unsaturated/α-hetero) is 1. The maximum atomic E-state index is 12.8. The fourth-order valence-electron chi connectivity index (χ4n) is 2.53. The highest BCUT2D eigenvalue weighted by Crippen LogP contribution is 2.25. The Kier molecular flexibility index (Phi) is 3.49. The lowest BCUT2D eigenvalue weighted by Crippen LogP contribution is -2.11. The number of rotatable bonds is 3. The zero-order valence-corrected chi connectivity index (χ0v) is 11.4. The van der Waals surface area contributed by atoms with Crippen LogP contribution in [0.2, 0.25) is 0 Å². The number of hydrogen-bond donors (Lipinski definition) is 0. The molecule has 0 fully saturated rings. The molecule has 0 saturated carbocycles. The zero-order valence-electron chi connectivity index (χ0n) is 11.4. The van der Waals surface area contributed by atoms with Crippen LogP contribution in [0.15, 0.2) is 72.8 Å². The molecule has 0 aromatic heterocycles. The van der Waals surface area contributed by atoms with Crippen molar-refractivity contribution >= 4 is 16.6 Å². The molecule has 1 unspecified atom stereocenters. The van der Waals surface area contributed by atoms with E-state index in [1.807, 2.05) is 66.7 Å². The lowest BCUT2D eigenvalue weighted by Gasteiger charge is -2.10. The summed E-state index contributed by atoms with van der Waals surface area (Å²) < 4.78 is 0. The van der Waals surface area contributed by atoms with Crippen LogP contribution < -0.4 is 0 Å². The van der Waals surface area contributed by atoms with Crippen molar-refractivity contribution in [1.29, 1.82) is 5.26 Å². The summed E-state index contributed by atoms with van der Waals surface area (Å²) in [7, 11) is 0. The predicted molar refractivity (Wildman–Crippen MR) is 83.1 cm³/mol. The van der Waals surface area contributed by atoms with Crippen LogP contribution in [0.3, 0.4) is 0 Å². The monoisotopic (exact) mass is 271 g/mol. The van der Waals surface area contributed by atoms with E-state index < -0.39 is 5.92 Å². The topological polar surface area (TPSA) is 40.9 Å². The Labute approximate surface area is 123 Å². The fraction of sp³-hybridized carbons (Fsp3) is 0.0526. The lowest BCUT2D eigenvalue weighted by atomic mass is 9.89. The quantitative estimate of drug-likeness (QED) is 0.665. The highest BCUT2D eigenvalue weighted by atomic mass is 16.1. The van der Waals surface area contributed by atoms with Gasteiger partial charge < -0.3 is 0 Å². The lowest BCUT2D eigenvalue weighted by molar-refractivity contribution is 0.0980. The summed E-state index contributed by atoms with van der Waals surface area (Å²) in [5.41, 5.74) is 1.33. The number of carbonyl (C=O) groups excluding carboxylic acids is 1. The van der Waals surface area contributed by atoms with Gasteiger partial charge in [-0.1, -0.05) is 72.8 Å². The van der Waals surface area contributed by atoms with Crippen molar-refractivity contribution in [3.8, 4) is 6.07 Å². The normalized spacial score (nSPS) is 11.8. The minimum Gasteiger partial charge on any atom is -0.292 e. The number of carbonyl (C=O) groups is 1. The third-order valence-electron chi connectivity index (χ3n) is 3.58. The second-order valence-electron chi connectivity index (χ2n) is 4.86. The van der Waals surface area contributed by atoms with E-state index in [1.165, 1.54) is 0 Å². The smallest absolute Gasteiger partial charge is 0.185 e. The third kappa shape index (κ3) is 2.42. The summed E-state index contributed by atoms with van der Waals surface area (Å²) in [6, 6.07) is 24.7. The molecule has 0 N–H and O–H groups in total. The molecule has 3 aromatic rings. The zero-order chi connectivity index (χ0) is 14.7. The Bertz CT molecular complexity index is 826. The summed E-state index contributed by atoms with van der Waals surface area (Å²) in [6.45, 7) is 0. The number of nitrogens with zero attached hydrogens (tertiary/aromatic N) is 1. The molecule has 3 aromatic carbocycles. The molecule has 21 heavy (non-hydrogen) atoms. The molecule has 0 aliphatic heterocycles. The first-order valence-corrected chi connectivity index (χ1v) is 6.78. The Morgan fingerprint density at radius 3 is 2.29 bits per heavy atom. The van der Waals surface area contributed by atoms with Crippen molar-refractivity contribution in [3.63, 3.8) is 0 Å². The highest BCUT2D eigenvalue weighted by Gasteiger charge is 2.22. The van der Waals surface area contributed by atoms with E-state index in [9.17, 15) is 10.1 Å². The Morgan fingerprint density at radius 1 is 0.857 bits per heavy atom. The molecule has 0 radical (unpaired) electrons. The van der Waals surface area contributed by atoms with Gasteiger partial charge in [0, 0.05) is 5.56 Å². The van der Waals surface area contributed by atoms with Gasteiger partial charge in [0.15, 0.2) is 5.78 Å². The van der Waals surface area contributed by atoms with Gasteiger partial charge in [-0.05, 0) is 16.3 Å². The van der Waals surface area contributed by atoms with E-state index in [0.717, 1.165) is 16.3 Å². The van der Waals surface area contributed by atoms with Gasteiger partial charge in [0.2, 0.25) is 0 Å². The van der Waals surface area contributed by atoms with Crippen molar-refractivity contribution in [2.75, 3.05) is 0 Å². The molecular weight excluding hydrogens is 258 g/mol. The largest absolute Gasteiger partial charge is 0.292 e. The van der Waals surface area contributed by atoms with E-state index in [1.54, 1.807) is 6.07 Å². The third-order valence-corrected chi connectivity index (χ3v) is 3.58. The van der Waals surface area contributed by atoms with Gasteiger partial charge in [-0.15, -0.1) is 0 Å². The van der Waals surface area contributed by atoms with Crippen LogP contribution in [0.1, 0.15) is 21.8 Å². The Hall–Kier alpha value is -2.92. The first-order chi connectivity index (χ1) is 10.3. The van der Waals surface area contributed by atoms with Crippen molar-refractivity contribution in [2.45, 2.75) is 5.92 Å². The summed E-state index contributed by atoms with van der Waals surface area (Å²) in [5, 5.41) is 11.3. The van der Waals surface area contributed by atoms with Crippen LogP contribution >= 0.6 is 0 Å². The molecule has 3 rings (SSSR count). The first kappa shape index (κ1) is 13.1. The summed E-state index contributed by atoms with van der Waals surface area (Å²) in [4.78, 5) is 12.8. The second-order valence-corrected chi connectivity index (χ2v) is 4.86. The SMILES string of the molecule is N#CC(C(=O)c1cccc2ccccc12)c1ccccc1. The standard InChI is InChI=1S/C19H13NO/c20-13-18(15-7-2-1-3-8-15)19(21)17-12-6-10-14-9-4-5-11-16(14)17/h1-12,18H. The van der Waals surface area contributed by atoms with Gasteiger partial charge in [0.1, 0.15) is 5.92 Å². The van der Waals surface area contributed by atoms with E-state index in [4.69, 9.17) is 0 Å². The second kappa shape index (κ2) is 5.60. The minimum atomic E-state index is -0.767. The number of fused-ring (bicyclic) bond motifs is 1.